The van der Waals surface area contributed by atoms with Gasteiger partial charge in [-0.25, -0.2) is 0 Å². The average molecular weight is 572 g/mol. The molecule has 3 aromatic carbocycles. The molecule has 0 radical (unpaired) electrons. The largest absolute Gasteiger partial charge is 0.490 e. The number of thioether (sulfide) groups is 1. The van der Waals surface area contributed by atoms with E-state index in [0.717, 1.165) is 26.5 Å². The lowest BCUT2D eigenvalue weighted by Gasteiger charge is -2.13. The number of hydrogen-bond acceptors (Lipinski definition) is 6. The van der Waals surface area contributed by atoms with Gasteiger partial charge >= 0.3 is 0 Å². The van der Waals surface area contributed by atoms with Crippen LogP contribution in [0.2, 0.25) is 5.02 Å². The summed E-state index contributed by atoms with van der Waals surface area (Å²) in [5.74, 6) is 2.78. The maximum absolute atomic E-state index is 6.25. The first-order valence-electron chi connectivity index (χ1n) is 11.0. The quantitative estimate of drug-likeness (QED) is 0.149. The van der Waals surface area contributed by atoms with Crippen LogP contribution in [0.3, 0.4) is 0 Å². The predicted molar refractivity (Wildman–Crippen MR) is 145 cm³/mol. The second kappa shape index (κ2) is 12.2. The molecule has 0 N–H and O–H groups in total. The second-order valence-corrected chi connectivity index (χ2v) is 9.79. The van der Waals surface area contributed by atoms with Crippen LogP contribution in [-0.2, 0) is 12.4 Å². The topological polar surface area (TPSA) is 61.5 Å². The van der Waals surface area contributed by atoms with Crippen molar-refractivity contribution in [1.82, 2.24) is 14.9 Å². The van der Waals surface area contributed by atoms with Crippen molar-refractivity contribution >= 4 is 45.5 Å². The predicted octanol–water partition coefficient (Wildman–Crippen LogP) is 7.15. The molecule has 6 nitrogen and oxygen atoms in total. The summed E-state index contributed by atoms with van der Waals surface area (Å²) in [5, 5.41) is 14.5. The lowest BCUT2D eigenvalue weighted by molar-refractivity contribution is 0.269. The van der Waals surface area contributed by atoms with E-state index in [-0.39, 0.29) is 0 Å². The summed E-state index contributed by atoms with van der Waals surface area (Å²) in [6.45, 7) is 4.69. The number of ether oxygens (including phenoxy) is 2. The molecule has 0 aliphatic heterocycles. The Hall–Kier alpha value is -2.81. The minimum atomic E-state index is 0.353. The molecule has 0 atom stereocenters. The first-order chi connectivity index (χ1) is 17.0. The van der Waals surface area contributed by atoms with Crippen molar-refractivity contribution in [2.75, 3.05) is 6.61 Å². The second-order valence-electron chi connectivity index (χ2n) is 7.52. The monoisotopic (exact) mass is 570 g/mol. The first kappa shape index (κ1) is 25.3. The Kier molecular flexibility index (Phi) is 8.84. The molecule has 1 heterocycles. The summed E-state index contributed by atoms with van der Waals surface area (Å²) < 4.78 is 14.6. The number of aryl methyl sites for hydroxylation is 1. The maximum atomic E-state index is 6.25. The summed E-state index contributed by atoms with van der Waals surface area (Å²) in [5.41, 5.74) is 2.98. The van der Waals surface area contributed by atoms with E-state index in [1.807, 2.05) is 68.4 Å². The molecule has 0 fully saturated rings. The van der Waals surface area contributed by atoms with Gasteiger partial charge in [-0.05, 0) is 61.4 Å². The Bertz CT molecular complexity index is 1310. The van der Waals surface area contributed by atoms with Crippen molar-refractivity contribution in [3.63, 3.8) is 0 Å². The van der Waals surface area contributed by atoms with E-state index in [1.165, 1.54) is 5.56 Å². The van der Waals surface area contributed by atoms with Gasteiger partial charge in [0.25, 0.3) is 0 Å². The van der Waals surface area contributed by atoms with Crippen molar-refractivity contribution in [2.24, 2.45) is 5.10 Å². The minimum absolute atomic E-state index is 0.353. The molecule has 180 valence electrons. The zero-order valence-corrected chi connectivity index (χ0v) is 22.5. The van der Waals surface area contributed by atoms with Gasteiger partial charge in [-0.1, -0.05) is 69.6 Å². The third-order valence-electron chi connectivity index (χ3n) is 4.98. The summed E-state index contributed by atoms with van der Waals surface area (Å²) >= 11 is 11.3. The maximum Gasteiger partial charge on any atom is 0.212 e. The van der Waals surface area contributed by atoms with E-state index >= 15 is 0 Å². The highest BCUT2D eigenvalue weighted by molar-refractivity contribution is 9.10. The number of hydrogen-bond donors (Lipinski definition) is 0. The summed E-state index contributed by atoms with van der Waals surface area (Å²) in [6, 6.07) is 21.6. The van der Waals surface area contributed by atoms with E-state index in [2.05, 4.69) is 43.4 Å². The van der Waals surface area contributed by atoms with Gasteiger partial charge in [0.15, 0.2) is 17.3 Å². The van der Waals surface area contributed by atoms with Gasteiger partial charge < -0.3 is 9.47 Å². The van der Waals surface area contributed by atoms with Crippen LogP contribution >= 0.6 is 39.3 Å². The van der Waals surface area contributed by atoms with Crippen LogP contribution in [0.5, 0.6) is 11.5 Å². The number of nitrogens with zero attached hydrogens (tertiary/aromatic N) is 4. The van der Waals surface area contributed by atoms with Crippen LogP contribution in [0.15, 0.2) is 81.5 Å². The van der Waals surface area contributed by atoms with Gasteiger partial charge in [0.2, 0.25) is 5.16 Å². The molecule has 0 saturated carbocycles. The molecule has 9 heteroatoms. The van der Waals surface area contributed by atoms with E-state index in [9.17, 15) is 0 Å². The molecular weight excluding hydrogens is 548 g/mol. The molecule has 4 rings (SSSR count). The van der Waals surface area contributed by atoms with Crippen LogP contribution in [0, 0.1) is 6.92 Å². The van der Waals surface area contributed by atoms with E-state index < -0.39 is 0 Å². The SMILES string of the molecule is CCOc1cc(/C=N/n2c(C)nnc2SCc2ccc(Br)cc2)ccc1OCc1ccccc1Cl. The molecule has 0 amide bonds. The Morgan fingerprint density at radius 2 is 1.83 bits per heavy atom. The lowest BCUT2D eigenvalue weighted by atomic mass is 10.2. The number of rotatable bonds is 10. The van der Waals surface area contributed by atoms with Crippen molar-refractivity contribution in [1.29, 1.82) is 0 Å². The zero-order valence-electron chi connectivity index (χ0n) is 19.3. The third-order valence-corrected chi connectivity index (χ3v) is 6.87. The Morgan fingerprint density at radius 1 is 1.03 bits per heavy atom. The molecule has 0 saturated heterocycles. The highest BCUT2D eigenvalue weighted by atomic mass is 79.9. The fraction of sp³-hybridized carbons (Fsp3) is 0.192. The molecule has 4 aromatic rings. The highest BCUT2D eigenvalue weighted by Gasteiger charge is 2.11. The smallest absolute Gasteiger partial charge is 0.212 e. The van der Waals surface area contributed by atoms with E-state index in [4.69, 9.17) is 21.1 Å². The molecule has 0 unspecified atom stereocenters. The van der Waals surface area contributed by atoms with E-state index in [0.29, 0.717) is 35.6 Å². The fourth-order valence-corrected chi connectivity index (χ4v) is 4.52. The average Bonchev–Trinajstić information content (AvgIpc) is 3.22. The van der Waals surface area contributed by atoms with Crippen molar-refractivity contribution in [3.05, 3.63) is 98.7 Å². The van der Waals surface area contributed by atoms with Crippen LogP contribution < -0.4 is 9.47 Å². The van der Waals surface area contributed by atoms with Crippen molar-refractivity contribution < 1.29 is 9.47 Å². The molecule has 0 bridgehead atoms. The van der Waals surface area contributed by atoms with Gasteiger partial charge in [-0.3, -0.25) is 0 Å². The van der Waals surface area contributed by atoms with Gasteiger partial charge in [0.05, 0.1) is 12.8 Å². The Morgan fingerprint density at radius 3 is 2.60 bits per heavy atom. The van der Waals surface area contributed by atoms with Crippen molar-refractivity contribution in [3.8, 4) is 11.5 Å². The van der Waals surface area contributed by atoms with E-state index in [1.54, 1.807) is 22.7 Å². The number of aromatic nitrogens is 3. The Balaban J connectivity index is 1.47. The Labute approximate surface area is 222 Å². The molecule has 1 aromatic heterocycles. The molecule has 0 aliphatic rings. The van der Waals surface area contributed by atoms with Crippen LogP contribution in [-0.4, -0.2) is 27.7 Å². The van der Waals surface area contributed by atoms with Gasteiger partial charge in [-0.2, -0.15) is 9.78 Å². The molecule has 0 spiro atoms. The third kappa shape index (κ3) is 6.87. The number of benzene rings is 3. The normalized spacial score (nSPS) is 11.2. The molecular formula is C26H24BrClN4O2S. The van der Waals surface area contributed by atoms with Crippen molar-refractivity contribution in [2.45, 2.75) is 31.4 Å². The standard InChI is InChI=1S/C26H24BrClN4O2S/c1-3-33-25-14-20(10-13-24(25)34-16-21-6-4-5-7-23(21)28)15-29-32-18(2)30-31-26(32)35-17-19-8-11-22(27)12-9-19/h4-15H,3,16-17H2,1-2H3/b29-15+. The summed E-state index contributed by atoms with van der Waals surface area (Å²) in [6.07, 6.45) is 1.76. The van der Waals surface area contributed by atoms with Gasteiger partial charge in [0, 0.05) is 20.8 Å². The van der Waals surface area contributed by atoms with Gasteiger partial charge in [-0.15, -0.1) is 10.2 Å². The lowest BCUT2D eigenvalue weighted by Crippen LogP contribution is -2.01. The zero-order chi connectivity index (χ0) is 24.6. The first-order valence-corrected chi connectivity index (χ1v) is 13.2. The summed E-state index contributed by atoms with van der Waals surface area (Å²) in [7, 11) is 0. The summed E-state index contributed by atoms with van der Waals surface area (Å²) in [4.78, 5) is 0. The molecule has 0 aliphatic carbocycles. The van der Waals surface area contributed by atoms with Crippen LogP contribution in [0.1, 0.15) is 29.4 Å². The number of halogens is 2. The fourth-order valence-electron chi connectivity index (χ4n) is 3.18. The van der Waals surface area contributed by atoms with Crippen LogP contribution in [0.25, 0.3) is 0 Å². The van der Waals surface area contributed by atoms with Gasteiger partial charge in [0.1, 0.15) is 6.61 Å². The van der Waals surface area contributed by atoms with Crippen LogP contribution in [0.4, 0.5) is 0 Å². The minimum Gasteiger partial charge on any atom is -0.490 e. The highest BCUT2D eigenvalue weighted by Crippen LogP contribution is 2.30. The molecule has 35 heavy (non-hydrogen) atoms.